The van der Waals surface area contributed by atoms with E-state index in [0.717, 1.165) is 50.8 Å². The van der Waals surface area contributed by atoms with Gasteiger partial charge in [0.1, 0.15) is 5.82 Å². The number of carbonyl (C=O) groups excluding carboxylic acids is 1. The Morgan fingerprint density at radius 2 is 2.12 bits per heavy atom. The highest BCUT2D eigenvalue weighted by Gasteiger charge is 2.27. The summed E-state index contributed by atoms with van der Waals surface area (Å²) >= 11 is 0. The average molecular weight is 334 g/mol. The summed E-state index contributed by atoms with van der Waals surface area (Å²) in [6, 6.07) is 5.92. The van der Waals surface area contributed by atoms with Gasteiger partial charge in [-0.05, 0) is 55.4 Å². The predicted molar refractivity (Wildman–Crippen MR) is 91.3 cm³/mol. The first-order valence-electron chi connectivity index (χ1n) is 8.98. The first-order chi connectivity index (χ1) is 11.7. The predicted octanol–water partition coefficient (Wildman–Crippen LogP) is 2.82. The topological polar surface area (TPSA) is 41.6 Å². The van der Waals surface area contributed by atoms with Crippen LogP contribution in [0.25, 0.3) is 0 Å². The largest absolute Gasteiger partial charge is 0.384 e. The minimum atomic E-state index is -0.141. The van der Waals surface area contributed by atoms with Crippen LogP contribution in [0.2, 0.25) is 0 Å². The van der Waals surface area contributed by atoms with Crippen molar-refractivity contribution in [1.82, 2.24) is 10.2 Å². The second-order valence-corrected chi connectivity index (χ2v) is 6.85. The second-order valence-electron chi connectivity index (χ2n) is 6.85. The molecule has 1 aromatic rings. The zero-order valence-corrected chi connectivity index (χ0v) is 14.4. The van der Waals surface area contributed by atoms with E-state index in [1.807, 2.05) is 11.0 Å². The molecule has 132 valence electrons. The van der Waals surface area contributed by atoms with Crippen molar-refractivity contribution in [3.8, 4) is 0 Å². The van der Waals surface area contributed by atoms with Crippen LogP contribution in [0.3, 0.4) is 0 Å². The fourth-order valence-corrected chi connectivity index (χ4v) is 3.88. The van der Waals surface area contributed by atoms with E-state index in [4.69, 9.17) is 4.74 Å². The number of fused-ring (bicyclic) bond motifs is 1. The molecule has 4 nitrogen and oxygen atoms in total. The Bertz CT molecular complexity index is 570. The minimum absolute atomic E-state index is 0.141. The summed E-state index contributed by atoms with van der Waals surface area (Å²) in [4.78, 5) is 14.0. The zero-order valence-electron chi connectivity index (χ0n) is 14.4. The lowest BCUT2D eigenvalue weighted by Crippen LogP contribution is -2.46. The SMILES string of the molecule is COCCC(=O)N1CCC(N[C@@H]2CCCc3cc(F)ccc32)CC1. The highest BCUT2D eigenvalue weighted by molar-refractivity contribution is 5.76. The summed E-state index contributed by atoms with van der Waals surface area (Å²) in [5.41, 5.74) is 2.40. The molecule has 1 aliphatic heterocycles. The van der Waals surface area contributed by atoms with Crippen LogP contribution in [0.1, 0.15) is 49.3 Å². The minimum Gasteiger partial charge on any atom is -0.384 e. The van der Waals surface area contributed by atoms with E-state index in [0.29, 0.717) is 25.1 Å². The molecule has 1 saturated heterocycles. The van der Waals surface area contributed by atoms with Crippen molar-refractivity contribution in [2.24, 2.45) is 0 Å². The van der Waals surface area contributed by atoms with Gasteiger partial charge in [-0.3, -0.25) is 4.79 Å². The van der Waals surface area contributed by atoms with E-state index >= 15 is 0 Å². The number of hydrogen-bond acceptors (Lipinski definition) is 3. The first kappa shape index (κ1) is 17.4. The third kappa shape index (κ3) is 4.14. The van der Waals surface area contributed by atoms with Crippen LogP contribution in [0.4, 0.5) is 4.39 Å². The number of benzene rings is 1. The number of aryl methyl sites for hydroxylation is 1. The molecule has 0 spiro atoms. The molecule has 0 unspecified atom stereocenters. The molecule has 2 aliphatic rings. The number of methoxy groups -OCH3 is 1. The fourth-order valence-electron chi connectivity index (χ4n) is 3.88. The van der Waals surface area contributed by atoms with Crippen LogP contribution in [0.15, 0.2) is 18.2 Å². The summed E-state index contributed by atoms with van der Waals surface area (Å²) in [5.74, 6) is 0.0473. The molecule has 5 heteroatoms. The molecule has 0 bridgehead atoms. The molecule has 0 saturated carbocycles. The van der Waals surface area contributed by atoms with Gasteiger partial charge in [-0.15, -0.1) is 0 Å². The van der Waals surface area contributed by atoms with Gasteiger partial charge in [-0.25, -0.2) is 4.39 Å². The summed E-state index contributed by atoms with van der Waals surface area (Å²) in [5, 5.41) is 3.75. The van der Waals surface area contributed by atoms with Gasteiger partial charge in [0.25, 0.3) is 0 Å². The number of piperidine rings is 1. The highest BCUT2D eigenvalue weighted by Crippen LogP contribution is 2.31. The average Bonchev–Trinajstić information content (AvgIpc) is 2.60. The summed E-state index contributed by atoms with van der Waals surface area (Å²) in [6.45, 7) is 2.11. The second kappa shape index (κ2) is 8.08. The number of carbonyl (C=O) groups is 1. The number of hydrogen-bond donors (Lipinski definition) is 1. The third-order valence-corrected chi connectivity index (χ3v) is 5.22. The van der Waals surface area contributed by atoms with Crippen LogP contribution < -0.4 is 5.32 Å². The van der Waals surface area contributed by atoms with Crippen molar-refractivity contribution < 1.29 is 13.9 Å². The van der Waals surface area contributed by atoms with Gasteiger partial charge in [-0.1, -0.05) is 6.07 Å². The third-order valence-electron chi connectivity index (χ3n) is 5.22. The number of ether oxygens (including phenoxy) is 1. The molecule has 0 aromatic heterocycles. The quantitative estimate of drug-likeness (QED) is 0.900. The Labute approximate surface area is 143 Å². The molecule has 1 amide bonds. The van der Waals surface area contributed by atoms with Crippen molar-refractivity contribution in [3.63, 3.8) is 0 Å². The van der Waals surface area contributed by atoms with Gasteiger partial charge in [0.2, 0.25) is 5.91 Å². The van der Waals surface area contributed by atoms with Crippen LogP contribution in [-0.4, -0.2) is 43.7 Å². The fraction of sp³-hybridized carbons (Fsp3) is 0.632. The van der Waals surface area contributed by atoms with Gasteiger partial charge in [-0.2, -0.15) is 0 Å². The van der Waals surface area contributed by atoms with Crippen LogP contribution in [-0.2, 0) is 16.0 Å². The highest BCUT2D eigenvalue weighted by atomic mass is 19.1. The Kier molecular flexibility index (Phi) is 5.85. The first-order valence-corrected chi connectivity index (χ1v) is 8.98. The molecule has 1 aromatic carbocycles. The van der Waals surface area contributed by atoms with Gasteiger partial charge in [0.15, 0.2) is 0 Å². The Hall–Kier alpha value is -1.46. The zero-order chi connectivity index (χ0) is 16.9. The van der Waals surface area contributed by atoms with Gasteiger partial charge in [0, 0.05) is 32.3 Å². The Balaban J connectivity index is 1.53. The van der Waals surface area contributed by atoms with E-state index in [1.54, 1.807) is 19.2 Å². The lowest BCUT2D eigenvalue weighted by molar-refractivity contribution is -0.133. The van der Waals surface area contributed by atoms with Crippen molar-refractivity contribution in [1.29, 1.82) is 0 Å². The molecule has 1 aliphatic carbocycles. The molecule has 1 heterocycles. The monoisotopic (exact) mass is 334 g/mol. The molecule has 0 radical (unpaired) electrons. The molecular weight excluding hydrogens is 307 g/mol. The summed E-state index contributed by atoms with van der Waals surface area (Å²) in [6.07, 6.45) is 5.60. The number of rotatable bonds is 5. The number of nitrogens with one attached hydrogen (secondary N) is 1. The number of amides is 1. The lowest BCUT2D eigenvalue weighted by atomic mass is 9.86. The summed E-state index contributed by atoms with van der Waals surface area (Å²) in [7, 11) is 1.62. The van der Waals surface area contributed by atoms with Crippen LogP contribution in [0.5, 0.6) is 0 Å². The van der Waals surface area contributed by atoms with Gasteiger partial charge < -0.3 is 15.0 Å². The van der Waals surface area contributed by atoms with E-state index in [-0.39, 0.29) is 11.7 Å². The molecule has 1 atom stereocenters. The van der Waals surface area contributed by atoms with Gasteiger partial charge >= 0.3 is 0 Å². The van der Waals surface area contributed by atoms with Gasteiger partial charge in [0.05, 0.1) is 13.0 Å². The summed E-state index contributed by atoms with van der Waals surface area (Å²) < 4.78 is 18.4. The van der Waals surface area contributed by atoms with Crippen molar-refractivity contribution in [2.45, 2.75) is 50.6 Å². The van der Waals surface area contributed by atoms with Crippen LogP contribution >= 0.6 is 0 Å². The molecule has 1 fully saturated rings. The van der Waals surface area contributed by atoms with E-state index in [2.05, 4.69) is 5.32 Å². The molecular formula is C19H27FN2O2. The Morgan fingerprint density at radius 1 is 1.33 bits per heavy atom. The molecule has 1 N–H and O–H groups in total. The maximum absolute atomic E-state index is 13.4. The van der Waals surface area contributed by atoms with E-state index in [1.165, 1.54) is 5.56 Å². The smallest absolute Gasteiger partial charge is 0.224 e. The van der Waals surface area contributed by atoms with Crippen molar-refractivity contribution in [3.05, 3.63) is 35.1 Å². The maximum Gasteiger partial charge on any atom is 0.224 e. The van der Waals surface area contributed by atoms with Crippen molar-refractivity contribution >= 4 is 5.91 Å². The van der Waals surface area contributed by atoms with E-state index in [9.17, 15) is 9.18 Å². The maximum atomic E-state index is 13.4. The van der Waals surface area contributed by atoms with Crippen molar-refractivity contribution in [2.75, 3.05) is 26.8 Å². The number of likely N-dealkylation sites (tertiary alicyclic amines) is 1. The normalized spacial score (nSPS) is 21.6. The Morgan fingerprint density at radius 3 is 2.88 bits per heavy atom. The standard InChI is InChI=1S/C19H27FN2O2/c1-24-12-9-19(23)22-10-7-16(8-11-22)21-18-4-2-3-14-13-15(20)5-6-17(14)18/h5-6,13,16,18,21H,2-4,7-12H2,1H3/t18-/m1/s1. The molecule has 24 heavy (non-hydrogen) atoms. The number of nitrogens with zero attached hydrogens (tertiary/aromatic N) is 1. The lowest BCUT2D eigenvalue weighted by Gasteiger charge is -2.36. The van der Waals surface area contributed by atoms with E-state index < -0.39 is 0 Å². The molecule has 3 rings (SSSR count). The number of halogens is 1. The van der Waals surface area contributed by atoms with Crippen LogP contribution in [0, 0.1) is 5.82 Å².